The van der Waals surface area contributed by atoms with E-state index < -0.39 is 0 Å². The number of fused-ring (bicyclic) bond motifs is 1. The highest BCUT2D eigenvalue weighted by molar-refractivity contribution is 9.10. The lowest BCUT2D eigenvalue weighted by Crippen LogP contribution is -2.24. The first-order valence-electron chi connectivity index (χ1n) is 6.65. The van der Waals surface area contributed by atoms with E-state index in [1.165, 1.54) is 0 Å². The number of aromatic amines is 1. The molecule has 110 valence electrons. The molecule has 5 nitrogen and oxygen atoms in total. The van der Waals surface area contributed by atoms with E-state index in [4.69, 9.17) is 0 Å². The molecule has 2 aromatic carbocycles. The Bertz CT molecular complexity index is 888. The average Bonchev–Trinajstić information content (AvgIpc) is 2.55. The highest BCUT2D eigenvalue weighted by Crippen LogP contribution is 2.13. The third-order valence-electron chi connectivity index (χ3n) is 3.30. The molecular weight excluding hydrogens is 346 g/mol. The van der Waals surface area contributed by atoms with Gasteiger partial charge in [0.15, 0.2) is 0 Å². The van der Waals surface area contributed by atoms with E-state index in [1.54, 1.807) is 24.3 Å². The normalized spacial score (nSPS) is 10.6. The summed E-state index contributed by atoms with van der Waals surface area (Å²) in [6.07, 6.45) is 0. The molecule has 0 unspecified atom stereocenters. The fourth-order valence-corrected chi connectivity index (χ4v) is 2.44. The number of carbonyl (C=O) groups excluding carboxylic acids is 1. The molecule has 22 heavy (non-hydrogen) atoms. The second-order valence-corrected chi connectivity index (χ2v) is 5.65. The fourth-order valence-electron chi connectivity index (χ4n) is 2.17. The molecule has 0 radical (unpaired) electrons. The van der Waals surface area contributed by atoms with E-state index in [1.807, 2.05) is 24.3 Å². The summed E-state index contributed by atoms with van der Waals surface area (Å²) in [7, 11) is 0. The minimum atomic E-state index is -0.237. The molecule has 0 aliphatic rings. The van der Waals surface area contributed by atoms with Crippen molar-refractivity contribution in [3.63, 3.8) is 0 Å². The molecule has 3 rings (SSSR count). The zero-order valence-electron chi connectivity index (χ0n) is 11.5. The van der Waals surface area contributed by atoms with Gasteiger partial charge in [0, 0.05) is 15.4 Å². The quantitative estimate of drug-likeness (QED) is 0.756. The van der Waals surface area contributed by atoms with Gasteiger partial charge >= 0.3 is 0 Å². The number of carbonyl (C=O) groups is 1. The van der Waals surface area contributed by atoms with Gasteiger partial charge in [0.1, 0.15) is 0 Å². The maximum absolute atomic E-state index is 12.1. The van der Waals surface area contributed by atoms with Gasteiger partial charge in [-0.3, -0.25) is 9.59 Å². The Morgan fingerprint density at radius 2 is 1.77 bits per heavy atom. The lowest BCUT2D eigenvalue weighted by atomic mass is 10.1. The van der Waals surface area contributed by atoms with Gasteiger partial charge < -0.3 is 5.32 Å². The third-order valence-corrected chi connectivity index (χ3v) is 3.83. The van der Waals surface area contributed by atoms with Gasteiger partial charge in [-0.15, -0.1) is 0 Å². The van der Waals surface area contributed by atoms with E-state index >= 15 is 0 Å². The highest BCUT2D eigenvalue weighted by Gasteiger charge is 2.09. The summed E-state index contributed by atoms with van der Waals surface area (Å²) in [5.41, 5.74) is 0.955. The fraction of sp³-hybridized carbons (Fsp3) is 0.0625. The Hall–Kier alpha value is -2.47. The summed E-state index contributed by atoms with van der Waals surface area (Å²) in [6.45, 7) is 0.242. The van der Waals surface area contributed by atoms with Gasteiger partial charge in [-0.2, -0.15) is 5.10 Å². The minimum Gasteiger partial charge on any atom is -0.346 e. The van der Waals surface area contributed by atoms with Gasteiger partial charge in [0.05, 0.1) is 17.6 Å². The van der Waals surface area contributed by atoms with Gasteiger partial charge in [-0.25, -0.2) is 5.10 Å². The Morgan fingerprint density at radius 3 is 2.50 bits per heavy atom. The number of hydrogen-bond donors (Lipinski definition) is 2. The molecular formula is C16H12BrN3O2. The van der Waals surface area contributed by atoms with Crippen LogP contribution in [0.5, 0.6) is 0 Å². The molecule has 0 atom stereocenters. The Morgan fingerprint density at radius 1 is 1.09 bits per heavy atom. The summed E-state index contributed by atoms with van der Waals surface area (Å²) < 4.78 is 0.914. The van der Waals surface area contributed by atoms with Crippen LogP contribution in [-0.4, -0.2) is 16.1 Å². The maximum atomic E-state index is 12.1. The second-order valence-electron chi connectivity index (χ2n) is 4.73. The third kappa shape index (κ3) is 2.92. The van der Waals surface area contributed by atoms with E-state index in [-0.39, 0.29) is 18.0 Å². The van der Waals surface area contributed by atoms with E-state index in [0.29, 0.717) is 16.6 Å². The van der Waals surface area contributed by atoms with Crippen LogP contribution in [0.2, 0.25) is 0 Å². The van der Waals surface area contributed by atoms with Gasteiger partial charge in [-0.1, -0.05) is 34.1 Å². The smallest absolute Gasteiger partial charge is 0.272 e. The zero-order valence-corrected chi connectivity index (χ0v) is 13.1. The zero-order chi connectivity index (χ0) is 15.5. The lowest BCUT2D eigenvalue weighted by molar-refractivity contribution is 0.0950. The van der Waals surface area contributed by atoms with Crippen LogP contribution in [-0.2, 0) is 6.54 Å². The van der Waals surface area contributed by atoms with Crippen molar-refractivity contribution in [2.24, 2.45) is 0 Å². The first kappa shape index (κ1) is 14.5. The Labute approximate surface area is 134 Å². The second kappa shape index (κ2) is 6.11. The van der Waals surface area contributed by atoms with Crippen molar-refractivity contribution in [2.45, 2.75) is 6.54 Å². The van der Waals surface area contributed by atoms with Gasteiger partial charge in [0.25, 0.3) is 11.5 Å². The summed E-state index contributed by atoms with van der Waals surface area (Å²) in [5, 5.41) is 10.6. The Kier molecular flexibility index (Phi) is 4.02. The molecule has 2 N–H and O–H groups in total. The topological polar surface area (TPSA) is 74.8 Å². The molecule has 0 saturated carbocycles. The van der Waals surface area contributed by atoms with Crippen molar-refractivity contribution in [1.82, 2.24) is 15.5 Å². The predicted octanol–water partition coefficient (Wildman–Crippen LogP) is 2.62. The SMILES string of the molecule is O=C(NCc1n[nH]c(=O)c2ccccc12)c1ccc(Br)cc1. The van der Waals surface area contributed by atoms with Crippen LogP contribution < -0.4 is 10.9 Å². The van der Waals surface area contributed by atoms with Crippen LogP contribution in [0.4, 0.5) is 0 Å². The lowest BCUT2D eigenvalue weighted by Gasteiger charge is -2.07. The summed E-state index contributed by atoms with van der Waals surface area (Å²) in [5.74, 6) is -0.190. The monoisotopic (exact) mass is 357 g/mol. The van der Waals surface area contributed by atoms with Gasteiger partial charge in [0.2, 0.25) is 0 Å². The number of amides is 1. The standard InChI is InChI=1S/C16H12BrN3O2/c17-11-7-5-10(6-8-11)15(21)18-9-14-12-3-1-2-4-13(12)16(22)20-19-14/h1-8H,9H2,(H,18,21)(H,20,22). The molecule has 0 fully saturated rings. The molecule has 0 aliphatic heterocycles. The van der Waals surface area contributed by atoms with E-state index in [2.05, 4.69) is 31.4 Å². The number of benzene rings is 2. The summed E-state index contributed by atoms with van der Waals surface area (Å²) in [4.78, 5) is 23.8. The molecule has 6 heteroatoms. The van der Waals surface area contributed by atoms with Crippen molar-refractivity contribution in [2.75, 3.05) is 0 Å². The van der Waals surface area contributed by atoms with Crippen LogP contribution in [0.3, 0.4) is 0 Å². The average molecular weight is 358 g/mol. The molecule has 1 heterocycles. The summed E-state index contributed by atoms with van der Waals surface area (Å²) >= 11 is 3.33. The number of nitrogens with one attached hydrogen (secondary N) is 2. The van der Waals surface area contributed by atoms with Crippen molar-refractivity contribution in [1.29, 1.82) is 0 Å². The number of aromatic nitrogens is 2. The van der Waals surface area contributed by atoms with Crippen LogP contribution in [0.15, 0.2) is 57.8 Å². The van der Waals surface area contributed by atoms with Crippen molar-refractivity contribution in [3.05, 3.63) is 74.6 Å². The highest BCUT2D eigenvalue weighted by atomic mass is 79.9. The molecule has 3 aromatic rings. The van der Waals surface area contributed by atoms with Crippen LogP contribution in [0.25, 0.3) is 10.8 Å². The molecule has 1 amide bonds. The number of rotatable bonds is 3. The van der Waals surface area contributed by atoms with Gasteiger partial charge in [-0.05, 0) is 30.3 Å². The number of nitrogens with zero attached hydrogens (tertiary/aromatic N) is 1. The number of hydrogen-bond acceptors (Lipinski definition) is 3. The maximum Gasteiger partial charge on any atom is 0.272 e. The summed E-state index contributed by atoms with van der Waals surface area (Å²) in [6, 6.07) is 14.3. The van der Waals surface area contributed by atoms with E-state index in [0.717, 1.165) is 9.86 Å². The van der Waals surface area contributed by atoms with Crippen molar-refractivity contribution >= 4 is 32.6 Å². The van der Waals surface area contributed by atoms with E-state index in [9.17, 15) is 9.59 Å². The molecule has 0 bridgehead atoms. The van der Waals surface area contributed by atoms with Crippen LogP contribution in [0.1, 0.15) is 16.1 Å². The van der Waals surface area contributed by atoms with Crippen molar-refractivity contribution in [3.8, 4) is 0 Å². The predicted molar refractivity (Wildman–Crippen MR) is 87.7 cm³/mol. The number of H-pyrrole nitrogens is 1. The largest absolute Gasteiger partial charge is 0.346 e. The molecule has 0 saturated heterocycles. The Balaban J connectivity index is 1.82. The van der Waals surface area contributed by atoms with Crippen LogP contribution in [0, 0.1) is 0 Å². The molecule has 0 spiro atoms. The first-order chi connectivity index (χ1) is 10.6. The van der Waals surface area contributed by atoms with Crippen molar-refractivity contribution < 1.29 is 4.79 Å². The minimum absolute atomic E-state index is 0.190. The van der Waals surface area contributed by atoms with Crippen LogP contribution >= 0.6 is 15.9 Å². The molecule has 0 aliphatic carbocycles. The molecule has 1 aromatic heterocycles. The number of halogens is 1. The first-order valence-corrected chi connectivity index (χ1v) is 7.44.